The smallest absolute Gasteiger partial charge is 0.191 e. The van der Waals surface area contributed by atoms with Crippen LogP contribution >= 0.6 is 0 Å². The van der Waals surface area contributed by atoms with Crippen LogP contribution in [-0.4, -0.2) is 53.1 Å². The molecule has 25 heavy (non-hydrogen) atoms. The molecule has 0 saturated carbocycles. The molecule has 1 fully saturated rings. The SMILES string of the molecule is CN=C(NCCCOCC1CCOC1)NCc1ccccc1COC. The van der Waals surface area contributed by atoms with E-state index in [-0.39, 0.29) is 0 Å². The third-order valence-corrected chi connectivity index (χ3v) is 4.22. The summed E-state index contributed by atoms with van der Waals surface area (Å²) in [6.07, 6.45) is 2.08. The van der Waals surface area contributed by atoms with Crippen molar-refractivity contribution in [3.05, 3.63) is 35.4 Å². The monoisotopic (exact) mass is 349 g/mol. The minimum atomic E-state index is 0.578. The molecule has 140 valence electrons. The highest BCUT2D eigenvalue weighted by Crippen LogP contribution is 2.12. The number of ether oxygens (including phenoxy) is 3. The lowest BCUT2D eigenvalue weighted by Gasteiger charge is -2.14. The van der Waals surface area contributed by atoms with Crippen molar-refractivity contribution in [3.63, 3.8) is 0 Å². The Morgan fingerprint density at radius 1 is 1.28 bits per heavy atom. The third kappa shape index (κ3) is 7.42. The molecule has 6 nitrogen and oxygen atoms in total. The molecule has 0 amide bonds. The first-order valence-electron chi connectivity index (χ1n) is 8.99. The van der Waals surface area contributed by atoms with Gasteiger partial charge in [0.15, 0.2) is 5.96 Å². The molecule has 1 unspecified atom stereocenters. The molecule has 1 aromatic carbocycles. The number of nitrogens with one attached hydrogen (secondary N) is 2. The van der Waals surface area contributed by atoms with Crippen LogP contribution < -0.4 is 10.6 Å². The number of guanidine groups is 1. The molecule has 1 atom stereocenters. The molecule has 1 aliphatic rings. The topological polar surface area (TPSA) is 64.1 Å². The first-order valence-corrected chi connectivity index (χ1v) is 8.99. The van der Waals surface area contributed by atoms with Gasteiger partial charge in [0.1, 0.15) is 0 Å². The summed E-state index contributed by atoms with van der Waals surface area (Å²) in [5.74, 6) is 1.38. The predicted octanol–water partition coefficient (Wildman–Crippen LogP) is 1.94. The highest BCUT2D eigenvalue weighted by Gasteiger charge is 2.15. The van der Waals surface area contributed by atoms with Crippen molar-refractivity contribution < 1.29 is 14.2 Å². The minimum Gasteiger partial charge on any atom is -0.381 e. The highest BCUT2D eigenvalue weighted by atomic mass is 16.5. The molecule has 0 spiro atoms. The number of rotatable bonds is 10. The standard InChI is InChI=1S/C19H31N3O3/c1-20-19(21-9-5-10-24-13-16-8-11-25-14-16)22-12-17-6-3-4-7-18(17)15-23-2/h3-4,6-7,16H,5,8-15H2,1-2H3,(H2,20,21,22). The molecule has 0 aromatic heterocycles. The minimum absolute atomic E-state index is 0.578. The zero-order valence-corrected chi connectivity index (χ0v) is 15.4. The van der Waals surface area contributed by atoms with E-state index >= 15 is 0 Å². The highest BCUT2D eigenvalue weighted by molar-refractivity contribution is 5.79. The van der Waals surface area contributed by atoms with E-state index in [9.17, 15) is 0 Å². The lowest BCUT2D eigenvalue weighted by Crippen LogP contribution is -2.37. The van der Waals surface area contributed by atoms with Gasteiger partial charge in [0.05, 0.1) is 19.8 Å². The summed E-state index contributed by atoms with van der Waals surface area (Å²) in [4.78, 5) is 4.27. The summed E-state index contributed by atoms with van der Waals surface area (Å²) in [7, 11) is 3.50. The van der Waals surface area contributed by atoms with Crippen molar-refractivity contribution in [3.8, 4) is 0 Å². The summed E-state index contributed by atoms with van der Waals surface area (Å²) >= 11 is 0. The third-order valence-electron chi connectivity index (χ3n) is 4.22. The Morgan fingerprint density at radius 2 is 2.12 bits per heavy atom. The average molecular weight is 349 g/mol. The zero-order chi connectivity index (χ0) is 17.7. The Kier molecular flexibility index (Phi) is 9.33. The predicted molar refractivity (Wildman–Crippen MR) is 99.7 cm³/mol. The van der Waals surface area contributed by atoms with Crippen LogP contribution in [0, 0.1) is 5.92 Å². The molecule has 6 heteroatoms. The van der Waals surface area contributed by atoms with Crippen molar-refractivity contribution in [1.29, 1.82) is 0 Å². The fourth-order valence-corrected chi connectivity index (χ4v) is 2.77. The fourth-order valence-electron chi connectivity index (χ4n) is 2.77. The van der Waals surface area contributed by atoms with E-state index in [4.69, 9.17) is 14.2 Å². The molecule has 0 aliphatic carbocycles. The molecule has 1 heterocycles. The maximum Gasteiger partial charge on any atom is 0.191 e. The number of nitrogens with zero attached hydrogens (tertiary/aromatic N) is 1. The Bertz CT molecular complexity index is 516. The van der Waals surface area contributed by atoms with Gasteiger partial charge in [-0.1, -0.05) is 24.3 Å². The van der Waals surface area contributed by atoms with Gasteiger partial charge in [-0.15, -0.1) is 0 Å². The van der Waals surface area contributed by atoms with E-state index in [1.165, 1.54) is 11.1 Å². The number of hydrogen-bond donors (Lipinski definition) is 2. The lowest BCUT2D eigenvalue weighted by atomic mass is 10.1. The number of benzene rings is 1. The number of methoxy groups -OCH3 is 1. The van der Waals surface area contributed by atoms with Crippen LogP contribution in [0.15, 0.2) is 29.3 Å². The molecule has 0 radical (unpaired) electrons. The molecule has 1 aromatic rings. The first-order chi connectivity index (χ1) is 12.3. The van der Waals surface area contributed by atoms with Crippen LogP contribution in [-0.2, 0) is 27.4 Å². The molecule has 0 bridgehead atoms. The van der Waals surface area contributed by atoms with E-state index < -0.39 is 0 Å². The van der Waals surface area contributed by atoms with E-state index in [1.807, 2.05) is 12.1 Å². The Hall–Kier alpha value is -1.63. The molecule has 2 rings (SSSR count). The second kappa shape index (κ2) is 11.8. The van der Waals surface area contributed by atoms with Gasteiger partial charge in [0.2, 0.25) is 0 Å². The maximum atomic E-state index is 5.71. The number of hydrogen-bond acceptors (Lipinski definition) is 4. The second-order valence-corrected chi connectivity index (χ2v) is 6.21. The van der Waals surface area contributed by atoms with Crippen LogP contribution in [0.2, 0.25) is 0 Å². The Balaban J connectivity index is 1.60. The van der Waals surface area contributed by atoms with E-state index in [1.54, 1.807) is 14.2 Å². The van der Waals surface area contributed by atoms with Gasteiger partial charge >= 0.3 is 0 Å². The number of aliphatic imine (C=N–C) groups is 1. The van der Waals surface area contributed by atoms with Gasteiger partial charge in [0, 0.05) is 46.4 Å². The molecular weight excluding hydrogens is 318 g/mol. The summed E-state index contributed by atoms with van der Waals surface area (Å²) in [5, 5.41) is 6.67. The van der Waals surface area contributed by atoms with Gasteiger partial charge < -0.3 is 24.8 Å². The van der Waals surface area contributed by atoms with Crippen molar-refractivity contribution in [2.24, 2.45) is 10.9 Å². The second-order valence-electron chi connectivity index (χ2n) is 6.21. The van der Waals surface area contributed by atoms with Crippen molar-refractivity contribution in [2.45, 2.75) is 26.0 Å². The van der Waals surface area contributed by atoms with Crippen LogP contribution in [0.5, 0.6) is 0 Å². The maximum absolute atomic E-state index is 5.71. The summed E-state index contributed by atoms with van der Waals surface area (Å²) in [6, 6.07) is 8.26. The van der Waals surface area contributed by atoms with Gasteiger partial charge in [-0.25, -0.2) is 0 Å². The normalized spacial score (nSPS) is 17.7. The van der Waals surface area contributed by atoms with Gasteiger partial charge in [0.25, 0.3) is 0 Å². The Labute approximate surface area is 151 Å². The van der Waals surface area contributed by atoms with Crippen LogP contribution in [0.1, 0.15) is 24.0 Å². The van der Waals surface area contributed by atoms with Gasteiger partial charge in [-0.05, 0) is 24.0 Å². The fraction of sp³-hybridized carbons (Fsp3) is 0.632. The van der Waals surface area contributed by atoms with Crippen LogP contribution in [0.3, 0.4) is 0 Å². The van der Waals surface area contributed by atoms with E-state index in [2.05, 4.69) is 27.8 Å². The molecule has 1 saturated heterocycles. The molecule has 2 N–H and O–H groups in total. The first kappa shape index (κ1) is 19.7. The average Bonchev–Trinajstić information content (AvgIpc) is 3.15. The zero-order valence-electron chi connectivity index (χ0n) is 15.4. The van der Waals surface area contributed by atoms with Crippen LogP contribution in [0.4, 0.5) is 0 Å². The van der Waals surface area contributed by atoms with E-state index in [0.29, 0.717) is 12.5 Å². The Morgan fingerprint density at radius 3 is 2.84 bits per heavy atom. The van der Waals surface area contributed by atoms with Gasteiger partial charge in [-0.3, -0.25) is 4.99 Å². The summed E-state index contributed by atoms with van der Waals surface area (Å²) < 4.78 is 16.3. The summed E-state index contributed by atoms with van der Waals surface area (Å²) in [5.41, 5.74) is 2.41. The lowest BCUT2D eigenvalue weighted by molar-refractivity contribution is 0.0888. The molecular formula is C19H31N3O3. The molecule has 1 aliphatic heterocycles. The summed E-state index contributed by atoms with van der Waals surface area (Å²) in [6.45, 7) is 5.47. The van der Waals surface area contributed by atoms with Crippen molar-refractivity contribution in [1.82, 2.24) is 10.6 Å². The van der Waals surface area contributed by atoms with Gasteiger partial charge in [-0.2, -0.15) is 0 Å². The quantitative estimate of drug-likeness (QED) is 0.384. The largest absolute Gasteiger partial charge is 0.381 e. The van der Waals surface area contributed by atoms with Crippen molar-refractivity contribution >= 4 is 5.96 Å². The van der Waals surface area contributed by atoms with Crippen LogP contribution in [0.25, 0.3) is 0 Å². The van der Waals surface area contributed by atoms with E-state index in [0.717, 1.165) is 58.3 Å². The van der Waals surface area contributed by atoms with Crippen molar-refractivity contribution in [2.75, 3.05) is 47.1 Å².